The summed E-state index contributed by atoms with van der Waals surface area (Å²) in [5.74, 6) is -0.286. The fourth-order valence-corrected chi connectivity index (χ4v) is 2.09. The molecule has 1 aromatic rings. The van der Waals surface area contributed by atoms with Crippen molar-refractivity contribution in [2.75, 3.05) is 17.2 Å². The molecular weight excluding hydrogens is 325 g/mol. The monoisotopic (exact) mass is 347 g/mol. The molecule has 0 saturated heterocycles. The van der Waals surface area contributed by atoms with Crippen molar-refractivity contribution < 1.29 is 9.59 Å². The fourth-order valence-electron chi connectivity index (χ4n) is 1.91. The van der Waals surface area contributed by atoms with Crippen molar-refractivity contribution >= 4 is 47.2 Å². The number of carbonyl (C=O) groups excluding carboxylic acids is 2. The second-order valence-electron chi connectivity index (χ2n) is 4.87. The van der Waals surface area contributed by atoms with Gasteiger partial charge in [-0.3, -0.25) is 9.59 Å². The quantitative estimate of drug-likeness (QED) is 0.628. The van der Waals surface area contributed by atoms with Crippen LogP contribution in [-0.4, -0.2) is 18.4 Å². The van der Waals surface area contributed by atoms with E-state index in [0.717, 1.165) is 25.7 Å². The number of halogens is 2. The van der Waals surface area contributed by atoms with Crippen LogP contribution in [0.25, 0.3) is 0 Å². The van der Waals surface area contributed by atoms with E-state index in [1.807, 2.05) is 0 Å². The standard InChI is InChI=1S/C15H22ClN3O2.ClH/c1-11(20)18-14-10-12(16)7-8-13(14)19-15(21)6-4-2-3-5-9-17;/h7-8,10H,2-6,9,17H2,1H3,(H,18,20)(H,19,21);1H. The van der Waals surface area contributed by atoms with Crippen molar-refractivity contribution in [1.82, 2.24) is 0 Å². The van der Waals surface area contributed by atoms with Crippen LogP contribution in [0.1, 0.15) is 39.0 Å². The van der Waals surface area contributed by atoms with Gasteiger partial charge in [0.25, 0.3) is 0 Å². The molecule has 0 aliphatic heterocycles. The molecule has 0 unspecified atom stereocenters. The summed E-state index contributed by atoms with van der Waals surface area (Å²) in [5.41, 5.74) is 6.48. The van der Waals surface area contributed by atoms with Crippen molar-refractivity contribution in [2.24, 2.45) is 5.73 Å². The van der Waals surface area contributed by atoms with Gasteiger partial charge in [-0.25, -0.2) is 0 Å². The van der Waals surface area contributed by atoms with E-state index < -0.39 is 0 Å². The highest BCUT2D eigenvalue weighted by atomic mass is 35.5. The largest absolute Gasteiger partial charge is 0.330 e. The SMILES string of the molecule is CC(=O)Nc1cc(Cl)ccc1NC(=O)CCCCCCN.Cl. The third-order valence-electron chi connectivity index (χ3n) is 2.92. The van der Waals surface area contributed by atoms with Gasteiger partial charge in [0.15, 0.2) is 0 Å². The molecule has 0 aliphatic rings. The van der Waals surface area contributed by atoms with E-state index in [0.29, 0.717) is 29.4 Å². The van der Waals surface area contributed by atoms with Crippen LogP contribution in [0.4, 0.5) is 11.4 Å². The average Bonchev–Trinajstić information content (AvgIpc) is 2.41. The summed E-state index contributed by atoms with van der Waals surface area (Å²) in [6.45, 7) is 2.10. The van der Waals surface area contributed by atoms with Crippen molar-refractivity contribution in [3.63, 3.8) is 0 Å². The van der Waals surface area contributed by atoms with Gasteiger partial charge in [0.2, 0.25) is 11.8 Å². The Labute approximate surface area is 142 Å². The smallest absolute Gasteiger partial charge is 0.224 e. The number of rotatable bonds is 8. The van der Waals surface area contributed by atoms with E-state index in [2.05, 4.69) is 10.6 Å². The molecule has 2 amide bonds. The normalized spacial score (nSPS) is 9.77. The maximum Gasteiger partial charge on any atom is 0.224 e. The molecule has 0 saturated carbocycles. The summed E-state index contributed by atoms with van der Waals surface area (Å²) < 4.78 is 0. The van der Waals surface area contributed by atoms with E-state index in [4.69, 9.17) is 17.3 Å². The number of benzene rings is 1. The highest BCUT2D eigenvalue weighted by molar-refractivity contribution is 6.31. The molecule has 0 aliphatic carbocycles. The van der Waals surface area contributed by atoms with Gasteiger partial charge in [-0.1, -0.05) is 24.4 Å². The van der Waals surface area contributed by atoms with Gasteiger partial charge in [0, 0.05) is 18.4 Å². The van der Waals surface area contributed by atoms with E-state index in [1.165, 1.54) is 6.92 Å². The van der Waals surface area contributed by atoms with Crippen LogP contribution in [0.15, 0.2) is 18.2 Å². The number of amides is 2. The van der Waals surface area contributed by atoms with Gasteiger partial charge in [0.1, 0.15) is 0 Å². The summed E-state index contributed by atoms with van der Waals surface area (Å²) >= 11 is 5.89. The third kappa shape index (κ3) is 8.22. The highest BCUT2D eigenvalue weighted by Crippen LogP contribution is 2.26. The zero-order valence-electron chi connectivity index (χ0n) is 12.7. The Morgan fingerprint density at radius 1 is 1.09 bits per heavy atom. The number of nitrogens with two attached hydrogens (primary N) is 1. The molecule has 0 aromatic heterocycles. The van der Waals surface area contributed by atoms with E-state index in [-0.39, 0.29) is 24.2 Å². The zero-order chi connectivity index (χ0) is 15.7. The summed E-state index contributed by atoms with van der Waals surface area (Å²) in [4.78, 5) is 23.0. The first-order chi connectivity index (χ1) is 10.0. The molecule has 1 rings (SSSR count). The molecule has 5 nitrogen and oxygen atoms in total. The number of hydrogen-bond acceptors (Lipinski definition) is 3. The predicted octanol–water partition coefficient (Wildman–Crippen LogP) is 3.57. The van der Waals surface area contributed by atoms with Crippen LogP contribution in [0.3, 0.4) is 0 Å². The number of carbonyl (C=O) groups is 2. The van der Waals surface area contributed by atoms with Gasteiger partial charge in [-0.05, 0) is 37.6 Å². The number of hydrogen-bond donors (Lipinski definition) is 3. The van der Waals surface area contributed by atoms with Crippen molar-refractivity contribution in [3.8, 4) is 0 Å². The summed E-state index contributed by atoms with van der Waals surface area (Å²) in [7, 11) is 0. The van der Waals surface area contributed by atoms with Crippen LogP contribution in [0.2, 0.25) is 5.02 Å². The number of anilines is 2. The Bertz CT molecular complexity index is 496. The highest BCUT2D eigenvalue weighted by Gasteiger charge is 2.08. The molecule has 7 heteroatoms. The van der Waals surface area contributed by atoms with Gasteiger partial charge in [-0.2, -0.15) is 0 Å². The molecule has 1 aromatic carbocycles. The van der Waals surface area contributed by atoms with Crippen molar-refractivity contribution in [2.45, 2.75) is 39.0 Å². The fraction of sp³-hybridized carbons (Fsp3) is 0.467. The van der Waals surface area contributed by atoms with Gasteiger partial charge in [0.05, 0.1) is 11.4 Å². The maximum absolute atomic E-state index is 11.9. The molecule has 0 spiro atoms. The first-order valence-electron chi connectivity index (χ1n) is 7.10. The van der Waals surface area contributed by atoms with E-state index in [9.17, 15) is 9.59 Å². The Morgan fingerprint density at radius 3 is 2.41 bits per heavy atom. The Hall–Kier alpha value is -1.30. The Morgan fingerprint density at radius 2 is 1.77 bits per heavy atom. The molecule has 0 fully saturated rings. The molecule has 0 heterocycles. The molecule has 0 bridgehead atoms. The van der Waals surface area contributed by atoms with E-state index >= 15 is 0 Å². The molecule has 22 heavy (non-hydrogen) atoms. The molecule has 0 atom stereocenters. The third-order valence-corrected chi connectivity index (χ3v) is 3.16. The Balaban J connectivity index is 0.00000441. The summed E-state index contributed by atoms with van der Waals surface area (Å²) in [5, 5.41) is 5.95. The maximum atomic E-state index is 11.9. The lowest BCUT2D eigenvalue weighted by Gasteiger charge is -2.12. The summed E-state index contributed by atoms with van der Waals surface area (Å²) in [6.07, 6.45) is 4.30. The van der Waals surface area contributed by atoms with Crippen molar-refractivity contribution in [1.29, 1.82) is 0 Å². The lowest BCUT2D eigenvalue weighted by atomic mass is 10.1. The first-order valence-corrected chi connectivity index (χ1v) is 7.48. The summed E-state index contributed by atoms with van der Waals surface area (Å²) in [6, 6.07) is 4.96. The minimum absolute atomic E-state index is 0. The van der Waals surface area contributed by atoms with Crippen LogP contribution in [-0.2, 0) is 9.59 Å². The number of unbranched alkanes of at least 4 members (excludes halogenated alkanes) is 3. The molecule has 124 valence electrons. The van der Waals surface area contributed by atoms with Crippen LogP contribution < -0.4 is 16.4 Å². The average molecular weight is 348 g/mol. The molecule has 4 N–H and O–H groups in total. The van der Waals surface area contributed by atoms with Crippen LogP contribution in [0, 0.1) is 0 Å². The van der Waals surface area contributed by atoms with Crippen LogP contribution in [0.5, 0.6) is 0 Å². The lowest BCUT2D eigenvalue weighted by Crippen LogP contribution is -2.14. The van der Waals surface area contributed by atoms with Gasteiger partial charge < -0.3 is 16.4 Å². The van der Waals surface area contributed by atoms with Crippen molar-refractivity contribution in [3.05, 3.63) is 23.2 Å². The first kappa shape index (κ1) is 20.7. The topological polar surface area (TPSA) is 84.2 Å². The second-order valence-corrected chi connectivity index (χ2v) is 5.31. The number of nitrogens with one attached hydrogen (secondary N) is 2. The Kier molecular flexibility index (Phi) is 10.6. The lowest BCUT2D eigenvalue weighted by molar-refractivity contribution is -0.116. The molecular formula is C15H23Cl2N3O2. The van der Waals surface area contributed by atoms with Gasteiger partial charge in [-0.15, -0.1) is 12.4 Å². The van der Waals surface area contributed by atoms with Crippen LogP contribution >= 0.6 is 24.0 Å². The van der Waals surface area contributed by atoms with E-state index in [1.54, 1.807) is 18.2 Å². The molecule has 0 radical (unpaired) electrons. The minimum Gasteiger partial charge on any atom is -0.330 e. The predicted molar refractivity (Wildman–Crippen MR) is 93.8 cm³/mol. The van der Waals surface area contributed by atoms with Gasteiger partial charge >= 0.3 is 0 Å². The second kappa shape index (κ2) is 11.3. The minimum atomic E-state index is -0.213. The zero-order valence-corrected chi connectivity index (χ0v) is 14.2.